The van der Waals surface area contributed by atoms with Crippen molar-refractivity contribution in [2.75, 3.05) is 18.1 Å². The molecule has 1 saturated heterocycles. The molecule has 2 aromatic heterocycles. The second-order valence-electron chi connectivity index (χ2n) is 10.2. The van der Waals surface area contributed by atoms with Crippen molar-refractivity contribution in [2.45, 2.75) is 52.0 Å². The van der Waals surface area contributed by atoms with Gasteiger partial charge in [0.25, 0.3) is 0 Å². The van der Waals surface area contributed by atoms with Gasteiger partial charge in [-0.2, -0.15) is 5.10 Å². The highest BCUT2D eigenvalue weighted by Gasteiger charge is 2.27. The quantitative estimate of drug-likeness (QED) is 0.422. The first-order valence-electron chi connectivity index (χ1n) is 11.9. The van der Waals surface area contributed by atoms with Gasteiger partial charge in [0.2, 0.25) is 0 Å². The van der Waals surface area contributed by atoms with Crippen LogP contribution in [0.25, 0.3) is 28.0 Å². The van der Waals surface area contributed by atoms with E-state index in [0.29, 0.717) is 0 Å². The molecular weight excluding hydrogens is 427 g/mol. The number of rotatable bonds is 4. The van der Waals surface area contributed by atoms with E-state index in [2.05, 4.69) is 49.9 Å². The summed E-state index contributed by atoms with van der Waals surface area (Å²) in [6.07, 6.45) is 1.96. The summed E-state index contributed by atoms with van der Waals surface area (Å²) < 4.78 is 15.5. The Morgan fingerprint density at radius 3 is 2.35 bits per heavy atom. The molecule has 1 N–H and O–H groups in total. The predicted octanol–water partition coefficient (Wildman–Crippen LogP) is 5.77. The molecule has 3 heterocycles. The molecule has 4 aromatic rings. The van der Waals surface area contributed by atoms with Crippen molar-refractivity contribution in [3.63, 3.8) is 0 Å². The Labute approximate surface area is 199 Å². The third-order valence-corrected chi connectivity index (χ3v) is 6.81. The molecule has 0 amide bonds. The largest absolute Gasteiger partial charge is 0.394 e. The van der Waals surface area contributed by atoms with Crippen LogP contribution in [-0.4, -0.2) is 38.9 Å². The van der Waals surface area contributed by atoms with Crippen molar-refractivity contribution in [2.24, 2.45) is 0 Å². The van der Waals surface area contributed by atoms with E-state index in [9.17, 15) is 9.50 Å². The average Bonchev–Trinajstić information content (AvgIpc) is 3.42. The van der Waals surface area contributed by atoms with Crippen LogP contribution >= 0.6 is 0 Å². The van der Waals surface area contributed by atoms with Crippen LogP contribution in [0.2, 0.25) is 0 Å². The second kappa shape index (κ2) is 8.51. The fourth-order valence-electron chi connectivity index (χ4n) is 4.89. The van der Waals surface area contributed by atoms with E-state index in [1.54, 1.807) is 12.1 Å². The SMILES string of the molecule is Cc1nn2c(-c3ccc(F)cc3)cc(N3CCCC3CO)nc2c1-c1ccc(C(C)(C)C)cc1. The number of fused-ring (bicyclic) bond motifs is 1. The highest BCUT2D eigenvalue weighted by Crippen LogP contribution is 2.35. The van der Waals surface area contributed by atoms with Crippen LogP contribution in [0.3, 0.4) is 0 Å². The van der Waals surface area contributed by atoms with E-state index in [0.717, 1.165) is 58.9 Å². The first-order chi connectivity index (χ1) is 16.3. The van der Waals surface area contributed by atoms with Gasteiger partial charge in [-0.15, -0.1) is 0 Å². The van der Waals surface area contributed by atoms with Gasteiger partial charge in [-0.1, -0.05) is 45.0 Å². The minimum absolute atomic E-state index is 0.0505. The van der Waals surface area contributed by atoms with E-state index in [4.69, 9.17) is 10.1 Å². The summed E-state index contributed by atoms with van der Waals surface area (Å²) in [5, 5.41) is 14.8. The Hall–Kier alpha value is -3.25. The van der Waals surface area contributed by atoms with E-state index in [1.165, 1.54) is 17.7 Å². The standard InChI is InChI=1S/C28H31FN4O/c1-18-26(20-7-11-21(12-8-20)28(2,3)4)27-30-25(32-15-5-6-23(32)17-34)16-24(33(27)31-18)19-9-13-22(29)14-10-19/h7-14,16,23,34H,5-6,15,17H2,1-4H3. The van der Waals surface area contributed by atoms with Crippen molar-refractivity contribution >= 4 is 11.5 Å². The van der Waals surface area contributed by atoms with E-state index in [-0.39, 0.29) is 23.9 Å². The number of aliphatic hydroxyl groups is 1. The maximum Gasteiger partial charge on any atom is 0.166 e. The number of anilines is 1. The Kier molecular flexibility index (Phi) is 5.64. The van der Waals surface area contributed by atoms with Crippen LogP contribution in [-0.2, 0) is 5.41 Å². The fourth-order valence-corrected chi connectivity index (χ4v) is 4.89. The van der Waals surface area contributed by atoms with Gasteiger partial charge in [-0.05, 0) is 60.6 Å². The topological polar surface area (TPSA) is 53.7 Å². The first kappa shape index (κ1) is 22.5. The van der Waals surface area contributed by atoms with Gasteiger partial charge < -0.3 is 10.0 Å². The summed E-state index contributed by atoms with van der Waals surface area (Å²) in [7, 11) is 0. The molecule has 5 nitrogen and oxygen atoms in total. The molecule has 1 aliphatic heterocycles. The van der Waals surface area contributed by atoms with Crippen molar-refractivity contribution in [1.29, 1.82) is 0 Å². The molecule has 0 bridgehead atoms. The first-order valence-corrected chi connectivity index (χ1v) is 11.9. The highest BCUT2D eigenvalue weighted by molar-refractivity contribution is 5.83. The van der Waals surface area contributed by atoms with Crippen LogP contribution in [0.4, 0.5) is 10.2 Å². The molecule has 176 valence electrons. The maximum atomic E-state index is 13.7. The molecule has 0 radical (unpaired) electrons. The molecule has 1 aliphatic rings. The summed E-state index contributed by atoms with van der Waals surface area (Å²) in [6, 6.07) is 17.2. The highest BCUT2D eigenvalue weighted by atomic mass is 19.1. The monoisotopic (exact) mass is 458 g/mol. The van der Waals surface area contributed by atoms with Crippen molar-refractivity contribution < 1.29 is 9.50 Å². The number of hydrogen-bond donors (Lipinski definition) is 1. The van der Waals surface area contributed by atoms with Crippen LogP contribution in [0.5, 0.6) is 0 Å². The summed E-state index contributed by atoms with van der Waals surface area (Å²) in [4.78, 5) is 7.25. The van der Waals surface area contributed by atoms with Crippen molar-refractivity contribution in [3.05, 3.63) is 71.7 Å². The Balaban J connectivity index is 1.73. The summed E-state index contributed by atoms with van der Waals surface area (Å²) in [5.41, 5.74) is 6.77. The molecule has 0 saturated carbocycles. The molecule has 1 unspecified atom stereocenters. The Morgan fingerprint density at radius 2 is 1.71 bits per heavy atom. The minimum Gasteiger partial charge on any atom is -0.394 e. The van der Waals surface area contributed by atoms with Crippen molar-refractivity contribution in [3.8, 4) is 22.4 Å². The normalized spacial score (nSPS) is 16.5. The molecule has 0 aliphatic carbocycles. The fraction of sp³-hybridized carbons (Fsp3) is 0.357. The summed E-state index contributed by atoms with van der Waals surface area (Å²) >= 11 is 0. The molecular formula is C28H31FN4O. The molecule has 1 fully saturated rings. The molecule has 2 aromatic carbocycles. The van der Waals surface area contributed by atoms with Crippen molar-refractivity contribution in [1.82, 2.24) is 14.6 Å². The number of hydrogen-bond acceptors (Lipinski definition) is 4. The Morgan fingerprint density at radius 1 is 1.03 bits per heavy atom. The molecule has 6 heteroatoms. The van der Waals surface area contributed by atoms with Crippen LogP contribution in [0.15, 0.2) is 54.6 Å². The minimum atomic E-state index is -0.273. The molecule has 1 atom stereocenters. The smallest absolute Gasteiger partial charge is 0.166 e. The zero-order valence-electron chi connectivity index (χ0n) is 20.2. The second-order valence-corrected chi connectivity index (χ2v) is 10.2. The van der Waals surface area contributed by atoms with Gasteiger partial charge in [-0.3, -0.25) is 0 Å². The van der Waals surface area contributed by atoms with Crippen LogP contribution in [0.1, 0.15) is 44.9 Å². The lowest BCUT2D eigenvalue weighted by Gasteiger charge is -2.25. The molecule has 34 heavy (non-hydrogen) atoms. The molecule has 5 rings (SSSR count). The number of nitrogens with zero attached hydrogens (tertiary/aromatic N) is 4. The lowest BCUT2D eigenvalue weighted by atomic mass is 9.86. The lowest BCUT2D eigenvalue weighted by Crippen LogP contribution is -2.32. The van der Waals surface area contributed by atoms with Gasteiger partial charge in [-0.25, -0.2) is 13.9 Å². The number of aliphatic hydroxyl groups excluding tert-OH is 1. The van der Waals surface area contributed by atoms with E-state index >= 15 is 0 Å². The van der Waals surface area contributed by atoms with E-state index < -0.39 is 0 Å². The van der Waals surface area contributed by atoms with Crippen LogP contribution in [0, 0.1) is 12.7 Å². The summed E-state index contributed by atoms with van der Waals surface area (Å²) in [5.74, 6) is 0.543. The maximum absolute atomic E-state index is 13.7. The third kappa shape index (κ3) is 3.96. The molecule has 0 spiro atoms. The van der Waals surface area contributed by atoms with Gasteiger partial charge in [0, 0.05) is 23.7 Å². The number of benzene rings is 2. The zero-order chi connectivity index (χ0) is 24.0. The lowest BCUT2D eigenvalue weighted by molar-refractivity contribution is 0.266. The van der Waals surface area contributed by atoms with Gasteiger partial charge in [0.05, 0.1) is 24.0 Å². The number of aryl methyl sites for hydroxylation is 1. The summed E-state index contributed by atoms with van der Waals surface area (Å²) in [6.45, 7) is 9.57. The number of halogens is 1. The Bertz CT molecular complexity index is 1320. The zero-order valence-corrected chi connectivity index (χ0v) is 20.2. The van der Waals surface area contributed by atoms with Crippen LogP contribution < -0.4 is 4.90 Å². The third-order valence-electron chi connectivity index (χ3n) is 6.81. The van der Waals surface area contributed by atoms with Gasteiger partial charge in [0.15, 0.2) is 5.65 Å². The average molecular weight is 459 g/mol. The predicted molar refractivity (Wildman–Crippen MR) is 135 cm³/mol. The van der Waals surface area contributed by atoms with Gasteiger partial charge in [0.1, 0.15) is 11.6 Å². The van der Waals surface area contributed by atoms with Gasteiger partial charge >= 0.3 is 0 Å². The van der Waals surface area contributed by atoms with E-state index in [1.807, 2.05) is 17.5 Å². The number of aromatic nitrogens is 3.